The van der Waals surface area contributed by atoms with E-state index in [4.69, 9.17) is 0 Å². The van der Waals surface area contributed by atoms with Gasteiger partial charge in [0, 0.05) is 0 Å². The van der Waals surface area contributed by atoms with E-state index in [0.29, 0.717) is 5.92 Å². The number of aryl methyl sites for hydroxylation is 4. The third-order valence-electron chi connectivity index (χ3n) is 5.31. The van der Waals surface area contributed by atoms with Crippen LogP contribution in [0.5, 0.6) is 0 Å². The average molecular weight is 486 g/mol. The fraction of sp³-hybridized carbons (Fsp3) is 0.290. The van der Waals surface area contributed by atoms with Crippen molar-refractivity contribution in [2.45, 2.75) is 54.6 Å². The van der Waals surface area contributed by atoms with Crippen molar-refractivity contribution in [2.24, 2.45) is 5.92 Å². The van der Waals surface area contributed by atoms with Crippen LogP contribution in [0.25, 0.3) is 21.5 Å². The van der Waals surface area contributed by atoms with Gasteiger partial charge >= 0.3 is 38.5 Å². The van der Waals surface area contributed by atoms with E-state index in [2.05, 4.69) is 147 Å². The van der Waals surface area contributed by atoms with Gasteiger partial charge in [-0.1, -0.05) is 49.9 Å². The summed E-state index contributed by atoms with van der Waals surface area (Å²) < 4.78 is 0. The van der Waals surface area contributed by atoms with Crippen LogP contribution in [0.3, 0.4) is 0 Å². The van der Waals surface area contributed by atoms with E-state index in [1.54, 1.807) is 0 Å². The van der Waals surface area contributed by atoms with Gasteiger partial charge in [0.05, 0.1) is 0 Å². The fourth-order valence-electron chi connectivity index (χ4n) is 3.84. The summed E-state index contributed by atoms with van der Waals surface area (Å²) >= 11 is 2.27. The van der Waals surface area contributed by atoms with Crippen molar-refractivity contribution in [2.75, 3.05) is 0 Å². The summed E-state index contributed by atoms with van der Waals surface area (Å²) in [5, 5.41) is 5.51. The maximum absolute atomic E-state index is 3.15. The first kappa shape index (κ1) is 27.3. The number of benzene rings is 2. The van der Waals surface area contributed by atoms with Gasteiger partial charge in [-0.15, -0.1) is 76.0 Å². The number of allylic oxidation sites excluding steroid dienone is 4. The molecule has 2 heteroatoms. The first-order valence-electron chi connectivity index (χ1n) is 11.6. The van der Waals surface area contributed by atoms with Crippen LogP contribution in [-0.4, -0.2) is 6.19 Å². The van der Waals surface area contributed by atoms with E-state index in [1.165, 1.54) is 49.4 Å². The molecule has 0 spiro atoms. The van der Waals surface area contributed by atoms with Crippen molar-refractivity contribution in [1.82, 2.24) is 0 Å². The molecule has 33 heavy (non-hydrogen) atoms. The van der Waals surface area contributed by atoms with Crippen molar-refractivity contribution >= 4 is 27.7 Å². The van der Waals surface area contributed by atoms with Crippen molar-refractivity contribution in [1.29, 1.82) is 0 Å². The molecule has 1 aliphatic rings. The molecule has 0 saturated carbocycles. The molecule has 0 aromatic heterocycles. The summed E-state index contributed by atoms with van der Waals surface area (Å²) in [6, 6.07) is 21.8. The van der Waals surface area contributed by atoms with Crippen LogP contribution in [0.2, 0.25) is 13.1 Å². The van der Waals surface area contributed by atoms with E-state index in [0.717, 1.165) is 0 Å². The maximum atomic E-state index is 3.15. The van der Waals surface area contributed by atoms with Gasteiger partial charge in [0.1, 0.15) is 0 Å². The summed E-state index contributed by atoms with van der Waals surface area (Å²) in [4.78, 5) is 0. The van der Waals surface area contributed by atoms with Gasteiger partial charge in [-0.25, -0.2) is 11.6 Å². The molecule has 0 fully saturated rings. The van der Waals surface area contributed by atoms with Crippen molar-refractivity contribution in [3.05, 3.63) is 107 Å². The molecule has 4 aromatic carbocycles. The molecule has 0 heterocycles. The first-order valence-corrected chi connectivity index (χ1v) is 16.5. The summed E-state index contributed by atoms with van der Waals surface area (Å²) in [6.45, 7) is 17.3. The molecule has 5 rings (SSSR count). The Morgan fingerprint density at radius 3 is 1.48 bits per heavy atom. The zero-order chi connectivity index (χ0) is 24.5. The molecule has 0 nitrogen and oxygen atoms in total. The molecule has 0 N–H and O–H groups in total. The van der Waals surface area contributed by atoms with Gasteiger partial charge in [0.15, 0.2) is 0 Å². The summed E-state index contributed by atoms with van der Waals surface area (Å²) in [5.41, 5.74) is 6.79. The molecule has 172 valence electrons. The van der Waals surface area contributed by atoms with E-state index < -0.39 is 0 Å². The summed E-state index contributed by atoms with van der Waals surface area (Å²) in [6.07, 6.45) is 7.50. The number of fused-ring (bicyclic) bond motifs is 2. The van der Waals surface area contributed by atoms with Crippen molar-refractivity contribution in [3.63, 3.8) is 0 Å². The Morgan fingerprint density at radius 1 is 0.788 bits per heavy atom. The summed E-state index contributed by atoms with van der Waals surface area (Å²) in [5.74, 6) is 0.556. The van der Waals surface area contributed by atoms with Crippen LogP contribution in [0.15, 0.2) is 78.4 Å². The van der Waals surface area contributed by atoms with Crippen LogP contribution in [-0.2, 0) is 19.2 Å². The second-order valence-electron chi connectivity index (χ2n) is 9.23. The Bertz CT molecular complexity index is 1180. The normalized spacial score (nSPS) is 13.9. The minimum absolute atomic E-state index is 0.120. The Labute approximate surface area is 213 Å². The number of hydrogen-bond donors (Lipinski definition) is 0. The zero-order valence-electron chi connectivity index (χ0n) is 21.5. The van der Waals surface area contributed by atoms with Gasteiger partial charge in [0.2, 0.25) is 0 Å². The van der Waals surface area contributed by atoms with Gasteiger partial charge in [-0.2, -0.15) is 18.2 Å². The minimum atomic E-state index is 0.120. The van der Waals surface area contributed by atoms with Crippen LogP contribution < -0.4 is 0 Å². The molecule has 4 aromatic rings. The van der Waals surface area contributed by atoms with E-state index in [1.807, 2.05) is 6.08 Å². The van der Waals surface area contributed by atoms with Crippen LogP contribution in [0.4, 0.5) is 0 Å². The van der Waals surface area contributed by atoms with Crippen molar-refractivity contribution in [3.8, 4) is 0 Å². The van der Waals surface area contributed by atoms with Crippen molar-refractivity contribution < 1.29 is 19.2 Å². The SMILES string of the molecule is CC1=CC(C)[C-]=C1.C[Si](C)=[Ti].Cc1cc2c(C)cccc2[cH-]1.Cc1cc2c(C)cccc2[cH-]1. The van der Waals surface area contributed by atoms with Gasteiger partial charge in [-0.05, 0) is 13.8 Å². The zero-order valence-corrected chi connectivity index (χ0v) is 24.1. The van der Waals surface area contributed by atoms with Crippen LogP contribution >= 0.6 is 0 Å². The molecular weight excluding hydrogens is 448 g/mol. The molecule has 1 aliphatic carbocycles. The minimum Gasteiger partial charge on any atom is -0.165 e. The van der Waals surface area contributed by atoms with Crippen LogP contribution in [0.1, 0.15) is 36.1 Å². The van der Waals surface area contributed by atoms with E-state index in [-0.39, 0.29) is 6.19 Å². The van der Waals surface area contributed by atoms with E-state index in [9.17, 15) is 0 Å². The third kappa shape index (κ3) is 9.08. The standard InChI is InChI=1S/2C11H11.C7H9.C2H6Si.Ti/c2*1-8-6-10-5-3-4-9(2)11(10)7-8;1-6-3-4-7(2)5-6;1-3-2;/h2*3-7H,1-2H3;3,5,7H,1-2H3;1-2H3;/q3*-1;;. The monoisotopic (exact) mass is 485 g/mol. The Hall–Kier alpha value is -1.93. The topological polar surface area (TPSA) is 0 Å². The second kappa shape index (κ2) is 13.1. The fourth-order valence-corrected chi connectivity index (χ4v) is 3.84. The smallest absolute Gasteiger partial charge is 0.0488 e. The number of rotatable bonds is 0. The van der Waals surface area contributed by atoms with E-state index >= 15 is 0 Å². The second-order valence-corrected chi connectivity index (χ2v) is 15.9. The van der Waals surface area contributed by atoms with Gasteiger partial charge in [0.25, 0.3) is 0 Å². The Morgan fingerprint density at radius 2 is 1.21 bits per heavy atom. The molecule has 0 saturated heterocycles. The molecule has 0 aliphatic heterocycles. The predicted octanol–water partition coefficient (Wildman–Crippen LogP) is 9.08. The number of hydrogen-bond acceptors (Lipinski definition) is 0. The summed E-state index contributed by atoms with van der Waals surface area (Å²) in [7, 11) is 0. The molecular formula is C31H37SiTi-3. The first-order chi connectivity index (χ1) is 15.6. The molecule has 1 unspecified atom stereocenters. The molecule has 0 radical (unpaired) electrons. The maximum Gasteiger partial charge on any atom is -0.0488 e. The molecule has 1 atom stereocenters. The largest absolute Gasteiger partial charge is 0.165 e. The van der Waals surface area contributed by atoms with Gasteiger partial charge in [-0.3, -0.25) is 6.08 Å². The average Bonchev–Trinajstić information content (AvgIpc) is 3.41. The third-order valence-corrected chi connectivity index (χ3v) is 5.31. The Kier molecular flexibility index (Phi) is 10.8. The molecule has 0 amide bonds. The van der Waals surface area contributed by atoms with Crippen LogP contribution in [0, 0.1) is 39.7 Å². The quantitative estimate of drug-likeness (QED) is 0.172. The van der Waals surface area contributed by atoms with Gasteiger partial charge < -0.3 is 0 Å². The predicted molar refractivity (Wildman–Crippen MR) is 146 cm³/mol. The molecule has 0 bridgehead atoms. The Balaban J connectivity index is 0.000000166.